The number of nitrogen functional groups attached to an aromatic ring is 1. The average Bonchev–Trinajstić information content (AvgIpc) is 2.39. The van der Waals surface area contributed by atoms with Crippen molar-refractivity contribution in [2.45, 2.75) is 13.3 Å². The van der Waals surface area contributed by atoms with E-state index in [2.05, 4.69) is 12.2 Å². The molecule has 0 aliphatic rings. The zero-order valence-corrected chi connectivity index (χ0v) is 10.7. The molecule has 0 spiro atoms. The number of nitrogens with one attached hydrogen (secondary N) is 1. The van der Waals surface area contributed by atoms with Gasteiger partial charge in [0.15, 0.2) is 0 Å². The van der Waals surface area contributed by atoms with Crippen LogP contribution in [0, 0.1) is 0 Å². The van der Waals surface area contributed by atoms with E-state index in [1.165, 1.54) is 6.07 Å². The van der Waals surface area contributed by atoms with Crippen molar-refractivity contribution < 1.29 is 9.90 Å². The molecule has 0 atom stereocenters. The number of benzene rings is 2. The van der Waals surface area contributed by atoms with Crippen LogP contribution in [0.4, 0.5) is 17.1 Å². The number of aromatic carboxylic acids is 1. The van der Waals surface area contributed by atoms with E-state index in [0.29, 0.717) is 11.4 Å². The quantitative estimate of drug-likeness (QED) is 0.734. The van der Waals surface area contributed by atoms with Gasteiger partial charge in [-0.3, -0.25) is 0 Å². The van der Waals surface area contributed by atoms with Gasteiger partial charge in [0.1, 0.15) is 0 Å². The second-order valence-corrected chi connectivity index (χ2v) is 4.25. The van der Waals surface area contributed by atoms with Crippen LogP contribution in [-0.2, 0) is 6.42 Å². The van der Waals surface area contributed by atoms with Gasteiger partial charge in [0.2, 0.25) is 0 Å². The second kappa shape index (κ2) is 5.44. The fraction of sp³-hybridized carbons (Fsp3) is 0.133. The summed E-state index contributed by atoms with van der Waals surface area (Å²) in [5.74, 6) is -0.975. The molecule has 0 saturated heterocycles. The fourth-order valence-corrected chi connectivity index (χ4v) is 1.95. The Bertz CT molecular complexity index is 609. The summed E-state index contributed by atoms with van der Waals surface area (Å²) in [6.45, 7) is 2.05. The molecule has 0 aliphatic carbocycles. The first-order valence-electron chi connectivity index (χ1n) is 6.09. The molecule has 0 bridgehead atoms. The van der Waals surface area contributed by atoms with Crippen molar-refractivity contribution in [3.8, 4) is 0 Å². The van der Waals surface area contributed by atoms with E-state index >= 15 is 0 Å². The highest BCUT2D eigenvalue weighted by atomic mass is 16.4. The molecule has 4 N–H and O–H groups in total. The van der Waals surface area contributed by atoms with E-state index < -0.39 is 5.97 Å². The van der Waals surface area contributed by atoms with Crippen molar-refractivity contribution in [1.29, 1.82) is 0 Å². The zero-order valence-electron chi connectivity index (χ0n) is 10.7. The lowest BCUT2D eigenvalue weighted by molar-refractivity contribution is 0.0698. The van der Waals surface area contributed by atoms with Gasteiger partial charge in [-0.1, -0.05) is 25.1 Å². The summed E-state index contributed by atoms with van der Waals surface area (Å²) in [7, 11) is 0. The minimum absolute atomic E-state index is 0.208. The van der Waals surface area contributed by atoms with Gasteiger partial charge in [-0.05, 0) is 36.2 Å². The topological polar surface area (TPSA) is 75.3 Å². The summed E-state index contributed by atoms with van der Waals surface area (Å²) >= 11 is 0. The Kier molecular flexibility index (Phi) is 3.71. The Morgan fingerprint density at radius 3 is 2.63 bits per heavy atom. The lowest BCUT2D eigenvalue weighted by Crippen LogP contribution is -2.04. The molecule has 0 aliphatic heterocycles. The highest BCUT2D eigenvalue weighted by Gasteiger charge is 2.11. The van der Waals surface area contributed by atoms with E-state index in [1.54, 1.807) is 12.1 Å². The number of hydrogen-bond donors (Lipinski definition) is 3. The van der Waals surface area contributed by atoms with Crippen molar-refractivity contribution in [2.24, 2.45) is 0 Å². The number of carbonyl (C=O) groups is 1. The molecule has 2 aromatic carbocycles. The minimum atomic E-state index is -0.975. The monoisotopic (exact) mass is 256 g/mol. The Morgan fingerprint density at radius 1 is 1.21 bits per heavy atom. The Labute approximate surface area is 111 Å². The summed E-state index contributed by atoms with van der Waals surface area (Å²) in [6, 6.07) is 12.5. The normalized spacial score (nSPS) is 10.2. The molecule has 0 aromatic heterocycles. The lowest BCUT2D eigenvalue weighted by atomic mass is 10.1. The van der Waals surface area contributed by atoms with Crippen LogP contribution in [0.1, 0.15) is 22.8 Å². The van der Waals surface area contributed by atoms with Crippen LogP contribution in [0.3, 0.4) is 0 Å². The molecule has 0 heterocycles. The number of para-hydroxylation sites is 1. The van der Waals surface area contributed by atoms with Gasteiger partial charge in [0, 0.05) is 11.4 Å². The molecule has 98 valence electrons. The number of carboxylic acids is 1. The number of anilines is 3. The minimum Gasteiger partial charge on any atom is -0.478 e. The van der Waals surface area contributed by atoms with Crippen LogP contribution in [0.5, 0.6) is 0 Å². The van der Waals surface area contributed by atoms with Gasteiger partial charge in [-0.25, -0.2) is 4.79 Å². The molecule has 0 unspecified atom stereocenters. The number of hydrogen-bond acceptors (Lipinski definition) is 3. The Balaban J connectivity index is 2.42. The molecule has 4 heteroatoms. The van der Waals surface area contributed by atoms with Crippen LogP contribution < -0.4 is 11.1 Å². The maximum Gasteiger partial charge on any atom is 0.337 e. The van der Waals surface area contributed by atoms with Crippen LogP contribution in [0.15, 0.2) is 42.5 Å². The maximum atomic E-state index is 11.2. The van der Waals surface area contributed by atoms with Crippen LogP contribution in [0.25, 0.3) is 0 Å². The average molecular weight is 256 g/mol. The van der Waals surface area contributed by atoms with Gasteiger partial charge in [-0.15, -0.1) is 0 Å². The van der Waals surface area contributed by atoms with Crippen LogP contribution >= 0.6 is 0 Å². The first-order chi connectivity index (χ1) is 9.11. The lowest BCUT2D eigenvalue weighted by Gasteiger charge is -2.13. The van der Waals surface area contributed by atoms with Gasteiger partial charge in [0.25, 0.3) is 0 Å². The highest BCUT2D eigenvalue weighted by Crippen LogP contribution is 2.26. The maximum absolute atomic E-state index is 11.2. The highest BCUT2D eigenvalue weighted by molar-refractivity contribution is 5.96. The van der Waals surface area contributed by atoms with Crippen LogP contribution in [0.2, 0.25) is 0 Å². The third-order valence-electron chi connectivity index (χ3n) is 2.94. The predicted octanol–water partition coefficient (Wildman–Crippen LogP) is 3.27. The molecular weight excluding hydrogens is 240 g/mol. The van der Waals surface area contributed by atoms with Crippen molar-refractivity contribution in [2.75, 3.05) is 11.1 Å². The van der Waals surface area contributed by atoms with E-state index in [9.17, 15) is 9.90 Å². The van der Waals surface area contributed by atoms with Gasteiger partial charge in [0.05, 0.1) is 11.3 Å². The smallest absolute Gasteiger partial charge is 0.337 e. The summed E-state index contributed by atoms with van der Waals surface area (Å²) < 4.78 is 0. The predicted molar refractivity (Wildman–Crippen MR) is 76.9 cm³/mol. The summed E-state index contributed by atoms with van der Waals surface area (Å²) in [6.07, 6.45) is 0.869. The van der Waals surface area contributed by atoms with Crippen LogP contribution in [-0.4, -0.2) is 11.1 Å². The number of rotatable bonds is 4. The number of nitrogens with two attached hydrogens (primary N) is 1. The van der Waals surface area contributed by atoms with Gasteiger partial charge >= 0.3 is 5.97 Å². The number of carboxylic acid groups (broad SMARTS) is 1. The fourth-order valence-electron chi connectivity index (χ4n) is 1.95. The van der Waals surface area contributed by atoms with Crippen molar-refractivity contribution in [1.82, 2.24) is 0 Å². The zero-order chi connectivity index (χ0) is 13.8. The molecule has 0 fully saturated rings. The Morgan fingerprint density at radius 2 is 1.95 bits per heavy atom. The first-order valence-corrected chi connectivity index (χ1v) is 6.09. The third-order valence-corrected chi connectivity index (χ3v) is 2.94. The third kappa shape index (κ3) is 2.85. The molecule has 4 nitrogen and oxygen atoms in total. The van der Waals surface area contributed by atoms with E-state index in [-0.39, 0.29) is 5.56 Å². The van der Waals surface area contributed by atoms with Crippen molar-refractivity contribution in [3.63, 3.8) is 0 Å². The van der Waals surface area contributed by atoms with Gasteiger partial charge in [-0.2, -0.15) is 0 Å². The molecular formula is C15H16N2O2. The molecule has 2 aromatic rings. The number of aryl methyl sites for hydroxylation is 1. The summed E-state index contributed by atoms with van der Waals surface area (Å²) in [5, 5.41) is 12.3. The van der Waals surface area contributed by atoms with E-state index in [4.69, 9.17) is 5.73 Å². The summed E-state index contributed by atoms with van der Waals surface area (Å²) in [5.41, 5.74) is 8.99. The standard InChI is InChI=1S/C15H16N2O2/c1-2-10-5-3-4-6-13(10)17-14-9-11(16)7-8-12(14)15(18)19/h3-9,17H,2,16H2,1H3,(H,18,19). The van der Waals surface area contributed by atoms with Crippen molar-refractivity contribution in [3.05, 3.63) is 53.6 Å². The molecule has 2 rings (SSSR count). The second-order valence-electron chi connectivity index (χ2n) is 4.25. The molecule has 0 radical (unpaired) electrons. The Hall–Kier alpha value is -2.49. The SMILES string of the molecule is CCc1ccccc1Nc1cc(N)ccc1C(=O)O. The van der Waals surface area contributed by atoms with Crippen molar-refractivity contribution >= 4 is 23.0 Å². The van der Waals surface area contributed by atoms with E-state index in [1.807, 2.05) is 24.3 Å². The summed E-state index contributed by atoms with van der Waals surface area (Å²) in [4.78, 5) is 11.2. The molecule has 0 amide bonds. The van der Waals surface area contributed by atoms with Gasteiger partial charge < -0.3 is 16.2 Å². The van der Waals surface area contributed by atoms with E-state index in [0.717, 1.165) is 17.7 Å². The first kappa shape index (κ1) is 13.0. The molecule has 19 heavy (non-hydrogen) atoms. The molecule has 0 saturated carbocycles. The largest absolute Gasteiger partial charge is 0.478 e.